The summed E-state index contributed by atoms with van der Waals surface area (Å²) in [6.45, 7) is 5.63. The summed E-state index contributed by atoms with van der Waals surface area (Å²) in [5.41, 5.74) is 4.79. The summed E-state index contributed by atoms with van der Waals surface area (Å²) >= 11 is 0. The summed E-state index contributed by atoms with van der Waals surface area (Å²) in [4.78, 5) is 23.6. The predicted octanol–water partition coefficient (Wildman–Crippen LogP) is 2.66. The highest BCUT2D eigenvalue weighted by atomic mass is 16.5. The van der Waals surface area contributed by atoms with Crippen LogP contribution < -0.4 is 15.5 Å². The van der Waals surface area contributed by atoms with Crippen LogP contribution in [-0.2, 0) is 4.79 Å². The molecule has 0 spiro atoms. The summed E-state index contributed by atoms with van der Waals surface area (Å²) < 4.78 is 5.41. The van der Waals surface area contributed by atoms with Gasteiger partial charge in [-0.1, -0.05) is 18.2 Å². The summed E-state index contributed by atoms with van der Waals surface area (Å²) in [5, 5.41) is 6.72. The van der Waals surface area contributed by atoms with Gasteiger partial charge in [0.1, 0.15) is 5.75 Å². The van der Waals surface area contributed by atoms with E-state index in [2.05, 4.69) is 15.8 Å². The Morgan fingerprint density at radius 2 is 1.81 bits per heavy atom. The maximum atomic E-state index is 12.1. The van der Waals surface area contributed by atoms with Gasteiger partial charge in [-0.15, -0.1) is 0 Å². The number of ether oxygens (including phenoxy) is 1. The molecule has 0 fully saturated rings. The molecular formula is C20H23N3O3. The third-order valence-electron chi connectivity index (χ3n) is 3.47. The lowest BCUT2D eigenvalue weighted by Gasteiger charge is -2.09. The van der Waals surface area contributed by atoms with Crippen molar-refractivity contribution in [2.45, 2.75) is 26.8 Å². The summed E-state index contributed by atoms with van der Waals surface area (Å²) in [7, 11) is 0. The maximum absolute atomic E-state index is 12.1. The zero-order valence-corrected chi connectivity index (χ0v) is 15.2. The molecular weight excluding hydrogens is 330 g/mol. The van der Waals surface area contributed by atoms with Crippen molar-refractivity contribution < 1.29 is 14.3 Å². The Labute approximate surface area is 153 Å². The number of hydrazone groups is 1. The lowest BCUT2D eigenvalue weighted by atomic mass is 10.1. The topological polar surface area (TPSA) is 79.8 Å². The standard InChI is InChI=1S/C20H23N3O3/c1-14(2)22-19(24)13-26-17-10-8-16(9-11-17)12-21-23-20(25)18-7-5-4-6-15(18)3/h4-12,14H,13H2,1-3H3,(H,22,24)(H,23,25)/b21-12-. The Hall–Kier alpha value is -3.15. The number of hydrogen-bond donors (Lipinski definition) is 2. The molecule has 0 heterocycles. The van der Waals surface area contributed by atoms with Crippen LogP contribution in [0.25, 0.3) is 0 Å². The van der Waals surface area contributed by atoms with Gasteiger partial charge in [0.2, 0.25) is 0 Å². The number of carbonyl (C=O) groups excluding carboxylic acids is 2. The van der Waals surface area contributed by atoms with Gasteiger partial charge in [-0.3, -0.25) is 9.59 Å². The van der Waals surface area contributed by atoms with E-state index in [1.807, 2.05) is 39.0 Å². The molecule has 0 saturated carbocycles. The Morgan fingerprint density at radius 1 is 1.12 bits per heavy atom. The lowest BCUT2D eigenvalue weighted by molar-refractivity contribution is -0.123. The lowest BCUT2D eigenvalue weighted by Crippen LogP contribution is -2.34. The van der Waals surface area contributed by atoms with Crippen LogP contribution in [0.2, 0.25) is 0 Å². The van der Waals surface area contributed by atoms with Crippen molar-refractivity contribution in [1.82, 2.24) is 10.7 Å². The highest BCUT2D eigenvalue weighted by Gasteiger charge is 2.06. The van der Waals surface area contributed by atoms with Gasteiger partial charge in [0.05, 0.1) is 6.21 Å². The van der Waals surface area contributed by atoms with Crippen LogP contribution in [0.1, 0.15) is 35.3 Å². The number of nitrogens with zero attached hydrogens (tertiary/aromatic N) is 1. The van der Waals surface area contributed by atoms with E-state index in [4.69, 9.17) is 4.74 Å². The molecule has 2 N–H and O–H groups in total. The first-order chi connectivity index (χ1) is 12.5. The van der Waals surface area contributed by atoms with Crippen molar-refractivity contribution in [2.24, 2.45) is 5.10 Å². The van der Waals surface area contributed by atoms with E-state index >= 15 is 0 Å². The zero-order valence-electron chi connectivity index (χ0n) is 15.2. The van der Waals surface area contributed by atoms with E-state index in [9.17, 15) is 9.59 Å². The van der Waals surface area contributed by atoms with Crippen molar-refractivity contribution in [3.63, 3.8) is 0 Å². The minimum Gasteiger partial charge on any atom is -0.484 e. The van der Waals surface area contributed by atoms with E-state index in [0.717, 1.165) is 11.1 Å². The van der Waals surface area contributed by atoms with Crippen LogP contribution in [0.5, 0.6) is 5.75 Å². The van der Waals surface area contributed by atoms with Gasteiger partial charge in [0.25, 0.3) is 11.8 Å². The zero-order chi connectivity index (χ0) is 18.9. The Bertz CT molecular complexity index is 783. The van der Waals surface area contributed by atoms with Gasteiger partial charge in [0.15, 0.2) is 6.61 Å². The molecule has 2 aromatic rings. The van der Waals surface area contributed by atoms with Crippen molar-refractivity contribution in [3.8, 4) is 5.75 Å². The third kappa shape index (κ3) is 6.05. The Balaban J connectivity index is 1.85. The molecule has 136 valence electrons. The summed E-state index contributed by atoms with van der Waals surface area (Å²) in [6.07, 6.45) is 1.55. The molecule has 0 aliphatic heterocycles. The maximum Gasteiger partial charge on any atom is 0.271 e. The van der Waals surface area contributed by atoms with Crippen LogP contribution in [0.4, 0.5) is 0 Å². The molecule has 0 aromatic heterocycles. The van der Waals surface area contributed by atoms with Gasteiger partial charge in [-0.25, -0.2) is 5.43 Å². The molecule has 2 amide bonds. The number of benzene rings is 2. The van der Waals surface area contributed by atoms with Crippen molar-refractivity contribution in [2.75, 3.05) is 6.61 Å². The smallest absolute Gasteiger partial charge is 0.271 e. The average molecular weight is 353 g/mol. The van der Waals surface area contributed by atoms with E-state index in [1.165, 1.54) is 0 Å². The number of rotatable bonds is 7. The van der Waals surface area contributed by atoms with Crippen LogP contribution in [-0.4, -0.2) is 30.7 Å². The molecule has 26 heavy (non-hydrogen) atoms. The quantitative estimate of drug-likeness (QED) is 0.593. The van der Waals surface area contributed by atoms with Gasteiger partial charge in [-0.05, 0) is 62.2 Å². The molecule has 0 atom stereocenters. The monoisotopic (exact) mass is 353 g/mol. The van der Waals surface area contributed by atoms with Crippen LogP contribution in [0, 0.1) is 6.92 Å². The largest absolute Gasteiger partial charge is 0.484 e. The van der Waals surface area contributed by atoms with Crippen LogP contribution >= 0.6 is 0 Å². The first kappa shape index (κ1) is 19.2. The van der Waals surface area contributed by atoms with E-state index in [0.29, 0.717) is 11.3 Å². The number of aryl methyl sites for hydroxylation is 1. The van der Waals surface area contributed by atoms with Crippen LogP contribution in [0.15, 0.2) is 53.6 Å². The average Bonchev–Trinajstić information content (AvgIpc) is 2.61. The molecule has 0 aliphatic carbocycles. The van der Waals surface area contributed by atoms with E-state index < -0.39 is 0 Å². The molecule has 0 bridgehead atoms. The molecule has 2 aromatic carbocycles. The Morgan fingerprint density at radius 3 is 2.46 bits per heavy atom. The molecule has 6 nitrogen and oxygen atoms in total. The first-order valence-electron chi connectivity index (χ1n) is 8.37. The number of nitrogens with one attached hydrogen (secondary N) is 2. The minimum absolute atomic E-state index is 0.0297. The normalized spacial score (nSPS) is 10.8. The fraction of sp³-hybridized carbons (Fsp3) is 0.250. The summed E-state index contributed by atoms with van der Waals surface area (Å²) in [5.74, 6) is 0.171. The van der Waals surface area contributed by atoms with E-state index in [-0.39, 0.29) is 24.5 Å². The van der Waals surface area contributed by atoms with Crippen molar-refractivity contribution >= 4 is 18.0 Å². The molecule has 0 saturated heterocycles. The second-order valence-corrected chi connectivity index (χ2v) is 6.09. The number of amides is 2. The van der Waals surface area contributed by atoms with Gasteiger partial charge in [0, 0.05) is 11.6 Å². The van der Waals surface area contributed by atoms with Crippen molar-refractivity contribution in [3.05, 3.63) is 65.2 Å². The second-order valence-electron chi connectivity index (χ2n) is 6.09. The van der Waals surface area contributed by atoms with E-state index in [1.54, 1.807) is 36.5 Å². The van der Waals surface area contributed by atoms with Gasteiger partial charge >= 0.3 is 0 Å². The minimum atomic E-state index is -0.254. The molecule has 0 unspecified atom stereocenters. The summed E-state index contributed by atoms with van der Waals surface area (Å²) in [6, 6.07) is 14.5. The fourth-order valence-corrected chi connectivity index (χ4v) is 2.22. The number of hydrogen-bond acceptors (Lipinski definition) is 4. The van der Waals surface area contributed by atoms with Gasteiger partial charge < -0.3 is 10.1 Å². The predicted molar refractivity (Wildman–Crippen MR) is 101 cm³/mol. The van der Waals surface area contributed by atoms with Crippen molar-refractivity contribution in [1.29, 1.82) is 0 Å². The molecule has 6 heteroatoms. The first-order valence-corrected chi connectivity index (χ1v) is 8.37. The molecule has 0 radical (unpaired) electrons. The second kappa shape index (κ2) is 9.36. The SMILES string of the molecule is Cc1ccccc1C(=O)N/N=C\c1ccc(OCC(=O)NC(C)C)cc1. The highest BCUT2D eigenvalue weighted by Crippen LogP contribution is 2.11. The van der Waals surface area contributed by atoms with Crippen LogP contribution in [0.3, 0.4) is 0 Å². The van der Waals surface area contributed by atoms with Gasteiger partial charge in [-0.2, -0.15) is 5.10 Å². The fourth-order valence-electron chi connectivity index (χ4n) is 2.22. The number of carbonyl (C=O) groups is 2. The Kier molecular flexibility index (Phi) is 6.91. The third-order valence-corrected chi connectivity index (χ3v) is 3.47. The molecule has 0 aliphatic rings. The molecule has 2 rings (SSSR count). The highest BCUT2D eigenvalue weighted by molar-refractivity contribution is 5.96.